The van der Waals surface area contributed by atoms with Gasteiger partial charge < -0.3 is 16.7 Å². The molecule has 2 aromatic heterocycles. The largest absolute Gasteiger partial charge is 0.411 e. The zero-order valence-electron chi connectivity index (χ0n) is 5.47. The van der Waals surface area contributed by atoms with Gasteiger partial charge in [-0.2, -0.15) is 4.52 Å². The van der Waals surface area contributed by atoms with Crippen LogP contribution in [0.2, 0.25) is 0 Å². The summed E-state index contributed by atoms with van der Waals surface area (Å²) in [6.45, 7) is 0. The summed E-state index contributed by atoms with van der Waals surface area (Å²) in [7, 11) is 0. The highest BCUT2D eigenvalue weighted by Crippen LogP contribution is 2.10. The van der Waals surface area contributed by atoms with Crippen LogP contribution in [0.25, 0.3) is 5.65 Å². The molecule has 0 saturated carbocycles. The van der Waals surface area contributed by atoms with Crippen molar-refractivity contribution in [1.29, 1.82) is 0 Å². The second kappa shape index (κ2) is 1.57. The maximum absolute atomic E-state index is 9.16. The Labute approximate surface area is 60.8 Å². The van der Waals surface area contributed by atoms with E-state index < -0.39 is 0 Å². The second-order valence-corrected chi connectivity index (χ2v) is 2.09. The van der Waals surface area contributed by atoms with E-state index in [2.05, 4.69) is 10.2 Å². The Balaban J connectivity index is 2.95. The molecule has 11 heavy (non-hydrogen) atoms. The lowest BCUT2D eigenvalue weighted by Crippen LogP contribution is -2.07. The van der Waals surface area contributed by atoms with E-state index in [4.69, 9.17) is 16.7 Å². The summed E-state index contributed by atoms with van der Waals surface area (Å²) in [4.78, 5) is 0.685. The van der Waals surface area contributed by atoms with E-state index in [1.807, 2.05) is 0 Å². The van der Waals surface area contributed by atoms with Crippen molar-refractivity contribution in [2.45, 2.75) is 0 Å². The van der Waals surface area contributed by atoms with Gasteiger partial charge >= 0.3 is 0 Å². The van der Waals surface area contributed by atoms with Crippen LogP contribution in [0.3, 0.4) is 0 Å². The van der Waals surface area contributed by atoms with Gasteiger partial charge in [0.2, 0.25) is 5.95 Å². The second-order valence-electron chi connectivity index (χ2n) is 2.09. The molecule has 0 aliphatic heterocycles. The van der Waals surface area contributed by atoms with Crippen LogP contribution in [0.5, 0.6) is 0 Å². The number of nitrogens with zero attached hydrogens (tertiary/aromatic N) is 4. The molecule has 5 N–H and O–H groups in total. The molecular formula is C4H6N6O. The molecule has 2 rings (SSSR count). The minimum Gasteiger partial charge on any atom is -0.411 e. The third-order valence-electron chi connectivity index (χ3n) is 1.39. The van der Waals surface area contributed by atoms with E-state index in [1.54, 1.807) is 0 Å². The van der Waals surface area contributed by atoms with Crippen molar-refractivity contribution in [2.24, 2.45) is 0 Å². The maximum Gasteiger partial charge on any atom is 0.244 e. The van der Waals surface area contributed by atoms with E-state index in [9.17, 15) is 0 Å². The molecule has 0 radical (unpaired) electrons. The summed E-state index contributed by atoms with van der Waals surface area (Å²) in [6.07, 6.45) is 0. The molecule has 2 heterocycles. The molecule has 0 unspecified atom stereocenters. The molecular weight excluding hydrogens is 148 g/mol. The van der Waals surface area contributed by atoms with Gasteiger partial charge in [-0.25, -0.2) is 0 Å². The van der Waals surface area contributed by atoms with Crippen molar-refractivity contribution < 1.29 is 5.21 Å². The zero-order chi connectivity index (χ0) is 8.01. The molecule has 0 bridgehead atoms. The molecule has 7 nitrogen and oxygen atoms in total. The highest BCUT2D eigenvalue weighted by Gasteiger charge is 2.08. The van der Waals surface area contributed by atoms with Gasteiger partial charge in [-0.05, 0) is 0 Å². The molecule has 58 valence electrons. The number of nitrogens with two attached hydrogens (primary N) is 2. The minimum atomic E-state index is 0.0965. The van der Waals surface area contributed by atoms with Crippen LogP contribution in [0, 0.1) is 0 Å². The van der Waals surface area contributed by atoms with Crippen molar-refractivity contribution in [3.63, 3.8) is 0 Å². The standard InChI is InChI=1S/C4H6N6O/c5-2-1-3-7-8-4(6)9(3)10(2)11/h1,11H,5H2,(H2,6,8). The molecule has 0 atom stereocenters. The SMILES string of the molecule is Nc1cc2nnc(N)n2n1O. The van der Waals surface area contributed by atoms with Crippen LogP contribution in [0.4, 0.5) is 11.8 Å². The summed E-state index contributed by atoms with van der Waals surface area (Å²) in [6, 6.07) is 1.46. The number of rotatable bonds is 0. The maximum atomic E-state index is 9.16. The Morgan fingerprint density at radius 1 is 1.36 bits per heavy atom. The normalized spacial score (nSPS) is 10.9. The Bertz CT molecular complexity index is 400. The number of hydrogen-bond acceptors (Lipinski definition) is 5. The molecule has 0 aliphatic rings. The van der Waals surface area contributed by atoms with Crippen molar-refractivity contribution in [1.82, 2.24) is 19.6 Å². The van der Waals surface area contributed by atoms with Crippen LogP contribution in [0.15, 0.2) is 6.07 Å². The highest BCUT2D eigenvalue weighted by molar-refractivity contribution is 5.51. The van der Waals surface area contributed by atoms with Gasteiger partial charge in [-0.3, -0.25) is 0 Å². The fourth-order valence-corrected chi connectivity index (χ4v) is 0.894. The predicted octanol–water partition coefficient (Wildman–Crippen LogP) is -1.07. The Morgan fingerprint density at radius 2 is 2.09 bits per heavy atom. The lowest BCUT2D eigenvalue weighted by atomic mass is 10.6. The topological polar surface area (TPSA) is 107 Å². The van der Waals surface area contributed by atoms with Crippen LogP contribution in [-0.2, 0) is 0 Å². The van der Waals surface area contributed by atoms with Crippen molar-refractivity contribution in [2.75, 3.05) is 11.5 Å². The van der Waals surface area contributed by atoms with Crippen molar-refractivity contribution >= 4 is 17.4 Å². The van der Waals surface area contributed by atoms with Crippen LogP contribution in [0.1, 0.15) is 0 Å². The summed E-state index contributed by atoms with van der Waals surface area (Å²) < 4.78 is 1.19. The highest BCUT2D eigenvalue weighted by atomic mass is 16.5. The molecule has 7 heteroatoms. The van der Waals surface area contributed by atoms with Gasteiger partial charge in [0, 0.05) is 6.07 Å². The molecule has 0 aromatic carbocycles. The lowest BCUT2D eigenvalue weighted by Gasteiger charge is -1.95. The van der Waals surface area contributed by atoms with Crippen LogP contribution < -0.4 is 11.5 Å². The Hall–Kier alpha value is -1.92. The Morgan fingerprint density at radius 3 is 2.73 bits per heavy atom. The minimum absolute atomic E-state index is 0.0965. The summed E-state index contributed by atoms with van der Waals surface area (Å²) >= 11 is 0. The first kappa shape index (κ1) is 5.83. The average molecular weight is 154 g/mol. The van der Waals surface area contributed by atoms with E-state index in [0.29, 0.717) is 10.5 Å². The van der Waals surface area contributed by atoms with Gasteiger partial charge in [0.1, 0.15) is 0 Å². The first-order chi connectivity index (χ1) is 5.20. The monoisotopic (exact) mass is 154 g/mol. The van der Waals surface area contributed by atoms with E-state index in [1.165, 1.54) is 10.6 Å². The van der Waals surface area contributed by atoms with Crippen LogP contribution in [-0.4, -0.2) is 24.8 Å². The molecule has 0 amide bonds. The first-order valence-corrected chi connectivity index (χ1v) is 2.87. The number of nitrogen functional groups attached to an aromatic ring is 2. The van der Waals surface area contributed by atoms with E-state index in [-0.39, 0.29) is 11.8 Å². The quantitative estimate of drug-likeness (QED) is 0.419. The van der Waals surface area contributed by atoms with Crippen molar-refractivity contribution in [3.8, 4) is 0 Å². The third kappa shape index (κ3) is 0.561. The summed E-state index contributed by atoms with van der Waals surface area (Å²) in [5.74, 6) is 0.265. The first-order valence-electron chi connectivity index (χ1n) is 2.87. The Kier molecular flexibility index (Phi) is 0.831. The van der Waals surface area contributed by atoms with Gasteiger partial charge in [-0.15, -0.1) is 10.2 Å². The molecule has 2 aromatic rings. The lowest BCUT2D eigenvalue weighted by molar-refractivity contribution is 0.145. The summed E-state index contributed by atoms with van der Waals surface area (Å²) in [5, 5.41) is 16.3. The van der Waals surface area contributed by atoms with E-state index >= 15 is 0 Å². The smallest absolute Gasteiger partial charge is 0.244 e. The molecule has 0 saturated heterocycles. The predicted molar refractivity (Wildman–Crippen MR) is 37.0 cm³/mol. The summed E-state index contributed by atoms with van der Waals surface area (Å²) in [5.41, 5.74) is 11.1. The third-order valence-corrected chi connectivity index (χ3v) is 1.39. The number of fused-ring (bicyclic) bond motifs is 1. The van der Waals surface area contributed by atoms with Crippen molar-refractivity contribution in [3.05, 3.63) is 6.07 Å². The molecule has 0 aliphatic carbocycles. The van der Waals surface area contributed by atoms with Gasteiger partial charge in [-0.1, -0.05) is 4.85 Å². The average Bonchev–Trinajstić information content (AvgIpc) is 2.41. The number of anilines is 2. The number of hydrogen-bond donors (Lipinski definition) is 3. The zero-order valence-corrected chi connectivity index (χ0v) is 5.47. The molecule has 0 fully saturated rings. The van der Waals surface area contributed by atoms with Gasteiger partial charge in [0.15, 0.2) is 11.5 Å². The van der Waals surface area contributed by atoms with E-state index in [0.717, 1.165) is 0 Å². The number of aromatic nitrogens is 4. The fourth-order valence-electron chi connectivity index (χ4n) is 0.894. The van der Waals surface area contributed by atoms with Gasteiger partial charge in [0.05, 0.1) is 0 Å². The fraction of sp³-hybridized carbons (Fsp3) is 0. The molecule has 0 spiro atoms. The van der Waals surface area contributed by atoms with Gasteiger partial charge in [0.25, 0.3) is 0 Å². The van der Waals surface area contributed by atoms with Crippen LogP contribution >= 0.6 is 0 Å².